The number of hydrogen-bond acceptors (Lipinski definition) is 5. The molecule has 2 amide bonds. The molecular weight excluding hydrogens is 468 g/mol. The number of hydrogen-bond donors (Lipinski definition) is 3. The zero-order valence-corrected chi connectivity index (χ0v) is 21.5. The summed E-state index contributed by atoms with van der Waals surface area (Å²) in [6, 6.07) is 18.6. The van der Waals surface area contributed by atoms with Crippen LogP contribution in [0.4, 0.5) is 0 Å². The highest BCUT2D eigenvalue weighted by molar-refractivity contribution is 5.86. The van der Waals surface area contributed by atoms with E-state index in [9.17, 15) is 14.4 Å². The molecule has 4 unspecified atom stereocenters. The van der Waals surface area contributed by atoms with Gasteiger partial charge in [0.2, 0.25) is 11.8 Å². The van der Waals surface area contributed by atoms with Crippen molar-refractivity contribution in [3.63, 3.8) is 0 Å². The Morgan fingerprint density at radius 3 is 2.14 bits per heavy atom. The molecule has 0 aromatic heterocycles. The molecule has 0 fully saturated rings. The molecule has 2 aromatic rings. The van der Waals surface area contributed by atoms with Gasteiger partial charge in [0.05, 0.1) is 25.0 Å². The number of amides is 2. The van der Waals surface area contributed by atoms with E-state index in [4.69, 9.17) is 9.84 Å². The van der Waals surface area contributed by atoms with Crippen molar-refractivity contribution < 1.29 is 24.2 Å². The maximum atomic E-state index is 13.2. The second-order valence-corrected chi connectivity index (χ2v) is 9.07. The van der Waals surface area contributed by atoms with Crippen LogP contribution < -0.4 is 10.6 Å². The van der Waals surface area contributed by atoms with Crippen LogP contribution in [0.15, 0.2) is 86.0 Å². The monoisotopic (exact) mass is 506 g/mol. The lowest BCUT2D eigenvalue weighted by molar-refractivity contribution is -0.154. The van der Waals surface area contributed by atoms with Crippen molar-refractivity contribution in [2.75, 3.05) is 13.2 Å². The Balaban J connectivity index is 2.11. The molecule has 0 aliphatic rings. The van der Waals surface area contributed by atoms with E-state index in [0.29, 0.717) is 19.3 Å². The zero-order valence-electron chi connectivity index (χ0n) is 21.5. The Hall–Kier alpha value is -3.71. The Kier molecular flexibility index (Phi) is 12.9. The first kappa shape index (κ1) is 29.5. The predicted molar refractivity (Wildman–Crippen MR) is 144 cm³/mol. The molecule has 0 bridgehead atoms. The summed E-state index contributed by atoms with van der Waals surface area (Å²) in [4.78, 5) is 38.5. The number of benzene rings is 2. The molecule has 0 radical (unpaired) electrons. The highest BCUT2D eigenvalue weighted by Gasteiger charge is 2.26. The number of ether oxygens (including phenoxy) is 1. The SMILES string of the molecule is C=CCC(CC(=O)NC(C)CO)C(=O)NCC(OC(=O)C(CC=C)Cc1ccccc1)c1ccccc1. The Morgan fingerprint density at radius 2 is 1.54 bits per heavy atom. The van der Waals surface area contributed by atoms with Crippen LogP contribution in [0.2, 0.25) is 0 Å². The third kappa shape index (κ3) is 10.4. The van der Waals surface area contributed by atoms with Gasteiger partial charge in [-0.05, 0) is 37.3 Å². The summed E-state index contributed by atoms with van der Waals surface area (Å²) >= 11 is 0. The molecule has 7 heteroatoms. The Bertz CT molecular complexity index is 1010. The fourth-order valence-electron chi connectivity index (χ4n) is 3.92. The molecule has 2 rings (SSSR count). The summed E-state index contributed by atoms with van der Waals surface area (Å²) in [5.74, 6) is -2.08. The van der Waals surface area contributed by atoms with E-state index in [-0.39, 0.29) is 37.4 Å². The molecule has 198 valence electrons. The number of allylic oxidation sites excluding steroid dienone is 2. The smallest absolute Gasteiger partial charge is 0.310 e. The van der Waals surface area contributed by atoms with Crippen LogP contribution in [-0.4, -0.2) is 42.1 Å². The number of rotatable bonds is 16. The van der Waals surface area contributed by atoms with E-state index < -0.39 is 24.0 Å². The van der Waals surface area contributed by atoms with Gasteiger partial charge in [-0.25, -0.2) is 0 Å². The van der Waals surface area contributed by atoms with Crippen LogP contribution in [-0.2, 0) is 25.5 Å². The standard InChI is InChI=1S/C30H38N2O5/c1-4-12-25(19-28(34)32-22(3)21-33)29(35)31-20-27(24-16-10-7-11-17-24)37-30(36)26(13-5-2)18-23-14-8-6-9-15-23/h4-11,14-17,22,25-27,33H,1-2,12-13,18-21H2,3H3,(H,31,35)(H,32,34). The maximum absolute atomic E-state index is 13.2. The normalized spacial score (nSPS) is 13.9. The molecule has 0 aliphatic heterocycles. The largest absolute Gasteiger partial charge is 0.455 e. The van der Waals surface area contributed by atoms with Gasteiger partial charge >= 0.3 is 5.97 Å². The predicted octanol–water partition coefficient (Wildman–Crippen LogP) is 3.90. The second kappa shape index (κ2) is 16.1. The average Bonchev–Trinajstić information content (AvgIpc) is 2.91. The maximum Gasteiger partial charge on any atom is 0.310 e. The quantitative estimate of drug-likeness (QED) is 0.237. The van der Waals surface area contributed by atoms with Crippen LogP contribution >= 0.6 is 0 Å². The molecule has 0 aliphatic carbocycles. The highest BCUT2D eigenvalue weighted by Crippen LogP contribution is 2.22. The lowest BCUT2D eigenvalue weighted by atomic mass is 9.96. The Labute approximate surface area is 219 Å². The first-order valence-corrected chi connectivity index (χ1v) is 12.6. The summed E-state index contributed by atoms with van der Waals surface area (Å²) in [7, 11) is 0. The zero-order chi connectivity index (χ0) is 27.0. The summed E-state index contributed by atoms with van der Waals surface area (Å²) in [6.07, 6.45) is 3.83. The van der Waals surface area contributed by atoms with Crippen molar-refractivity contribution >= 4 is 17.8 Å². The van der Waals surface area contributed by atoms with E-state index in [0.717, 1.165) is 11.1 Å². The van der Waals surface area contributed by atoms with Crippen molar-refractivity contribution in [2.24, 2.45) is 11.8 Å². The Morgan fingerprint density at radius 1 is 0.946 bits per heavy atom. The van der Waals surface area contributed by atoms with Gasteiger partial charge in [0.15, 0.2) is 0 Å². The van der Waals surface area contributed by atoms with E-state index in [2.05, 4.69) is 23.8 Å². The topological polar surface area (TPSA) is 105 Å². The van der Waals surface area contributed by atoms with Gasteiger partial charge in [-0.2, -0.15) is 0 Å². The first-order chi connectivity index (χ1) is 17.9. The number of aliphatic hydroxyl groups excluding tert-OH is 1. The fraction of sp³-hybridized carbons (Fsp3) is 0.367. The van der Waals surface area contributed by atoms with Gasteiger partial charge in [0, 0.05) is 12.5 Å². The second-order valence-electron chi connectivity index (χ2n) is 9.07. The lowest BCUT2D eigenvalue weighted by Crippen LogP contribution is -2.40. The molecule has 0 saturated carbocycles. The van der Waals surface area contributed by atoms with Crippen molar-refractivity contribution in [3.05, 3.63) is 97.1 Å². The lowest BCUT2D eigenvalue weighted by Gasteiger charge is -2.23. The molecule has 0 spiro atoms. The molecule has 2 aromatic carbocycles. The van der Waals surface area contributed by atoms with Crippen LogP contribution in [0.1, 0.15) is 43.4 Å². The number of nitrogens with one attached hydrogen (secondary N) is 2. The molecule has 37 heavy (non-hydrogen) atoms. The first-order valence-electron chi connectivity index (χ1n) is 12.6. The van der Waals surface area contributed by atoms with E-state index in [1.54, 1.807) is 19.1 Å². The summed E-state index contributed by atoms with van der Waals surface area (Å²) in [6.45, 7) is 9.02. The fourth-order valence-corrected chi connectivity index (χ4v) is 3.92. The minimum absolute atomic E-state index is 0.0452. The summed E-state index contributed by atoms with van der Waals surface area (Å²) < 4.78 is 5.93. The van der Waals surface area contributed by atoms with E-state index in [1.165, 1.54) is 0 Å². The minimum Gasteiger partial charge on any atom is -0.455 e. The molecule has 4 atom stereocenters. The average molecular weight is 507 g/mol. The number of esters is 1. The molecule has 7 nitrogen and oxygen atoms in total. The molecule has 0 heterocycles. The highest BCUT2D eigenvalue weighted by atomic mass is 16.5. The third-order valence-electron chi connectivity index (χ3n) is 5.94. The van der Waals surface area contributed by atoms with E-state index >= 15 is 0 Å². The van der Waals surface area contributed by atoms with Gasteiger partial charge in [0.1, 0.15) is 6.10 Å². The van der Waals surface area contributed by atoms with Gasteiger partial charge in [-0.15, -0.1) is 13.2 Å². The van der Waals surface area contributed by atoms with Crippen molar-refractivity contribution in [2.45, 2.75) is 44.8 Å². The van der Waals surface area contributed by atoms with Crippen LogP contribution in [0, 0.1) is 11.8 Å². The third-order valence-corrected chi connectivity index (χ3v) is 5.94. The van der Waals surface area contributed by atoms with Crippen molar-refractivity contribution in [1.82, 2.24) is 10.6 Å². The van der Waals surface area contributed by atoms with Crippen LogP contribution in [0.5, 0.6) is 0 Å². The van der Waals surface area contributed by atoms with Gasteiger partial charge in [-0.1, -0.05) is 72.8 Å². The summed E-state index contributed by atoms with van der Waals surface area (Å²) in [5.41, 5.74) is 1.78. The van der Waals surface area contributed by atoms with Crippen LogP contribution in [0.3, 0.4) is 0 Å². The van der Waals surface area contributed by atoms with Gasteiger partial charge in [0.25, 0.3) is 0 Å². The molecule has 3 N–H and O–H groups in total. The van der Waals surface area contributed by atoms with E-state index in [1.807, 2.05) is 60.7 Å². The van der Waals surface area contributed by atoms with Crippen molar-refractivity contribution in [3.8, 4) is 0 Å². The molecule has 0 saturated heterocycles. The number of aliphatic hydroxyl groups is 1. The molecular formula is C30H38N2O5. The summed E-state index contributed by atoms with van der Waals surface area (Å²) in [5, 5.41) is 14.7. The number of carbonyl (C=O) groups is 3. The number of carbonyl (C=O) groups excluding carboxylic acids is 3. The van der Waals surface area contributed by atoms with Gasteiger partial charge in [-0.3, -0.25) is 14.4 Å². The van der Waals surface area contributed by atoms with Gasteiger partial charge < -0.3 is 20.5 Å². The van der Waals surface area contributed by atoms with Crippen molar-refractivity contribution in [1.29, 1.82) is 0 Å². The van der Waals surface area contributed by atoms with Crippen LogP contribution in [0.25, 0.3) is 0 Å². The minimum atomic E-state index is -0.701.